The summed E-state index contributed by atoms with van der Waals surface area (Å²) in [5, 5.41) is 0. The molecule has 0 spiro atoms. The highest BCUT2D eigenvalue weighted by molar-refractivity contribution is 7.93. The third kappa shape index (κ3) is 2.75. The van der Waals surface area contributed by atoms with Crippen molar-refractivity contribution in [2.45, 2.75) is 30.4 Å². The first-order valence-electron chi connectivity index (χ1n) is 5.51. The van der Waals surface area contributed by atoms with E-state index in [0.717, 1.165) is 19.9 Å². The summed E-state index contributed by atoms with van der Waals surface area (Å²) in [5.41, 5.74) is 0. The average molecular weight is 292 g/mol. The van der Waals surface area contributed by atoms with Crippen LogP contribution < -0.4 is 0 Å². The largest absolute Gasteiger partial charge is 0.465 e. The normalized spacial score (nSPS) is 12.3. The van der Waals surface area contributed by atoms with Gasteiger partial charge in [-0.1, -0.05) is 0 Å². The van der Waals surface area contributed by atoms with Gasteiger partial charge in [-0.15, -0.1) is 0 Å². The van der Waals surface area contributed by atoms with Gasteiger partial charge in [0.05, 0.1) is 6.61 Å². The Morgan fingerprint density at radius 3 is 2.42 bits per heavy atom. The van der Waals surface area contributed by atoms with Crippen molar-refractivity contribution in [3.05, 3.63) is 29.8 Å². The smallest absolute Gasteiger partial charge is 0.327 e. The summed E-state index contributed by atoms with van der Waals surface area (Å²) >= 11 is 0. The van der Waals surface area contributed by atoms with E-state index in [1.807, 2.05) is 0 Å². The third-order valence-electron chi connectivity index (χ3n) is 2.62. The standard InChI is InChI=1S/C12H14F2O4S/c1-4-18-11(15)12(2,3)19(16,17)10-7-8(13)5-6-9(10)14/h5-7H,4H2,1-3H3. The molecule has 0 bridgehead atoms. The predicted molar refractivity (Wildman–Crippen MR) is 64.3 cm³/mol. The number of carbonyl (C=O) groups is 1. The Labute approximate surface area is 110 Å². The second-order valence-electron chi connectivity index (χ2n) is 4.31. The van der Waals surface area contributed by atoms with Gasteiger partial charge in [-0.2, -0.15) is 0 Å². The Bertz CT molecular complexity index is 594. The van der Waals surface area contributed by atoms with E-state index in [1.165, 1.54) is 6.92 Å². The van der Waals surface area contributed by atoms with Crippen molar-refractivity contribution >= 4 is 15.8 Å². The molecule has 0 fully saturated rings. The van der Waals surface area contributed by atoms with Gasteiger partial charge < -0.3 is 4.74 Å². The van der Waals surface area contributed by atoms with Crippen LogP contribution >= 0.6 is 0 Å². The lowest BCUT2D eigenvalue weighted by atomic mass is 10.2. The van der Waals surface area contributed by atoms with Gasteiger partial charge >= 0.3 is 5.97 Å². The Hall–Kier alpha value is -1.50. The summed E-state index contributed by atoms with van der Waals surface area (Å²) < 4.78 is 53.7. The first-order valence-corrected chi connectivity index (χ1v) is 6.99. The fourth-order valence-electron chi connectivity index (χ4n) is 1.37. The van der Waals surface area contributed by atoms with Crippen LogP contribution in [0, 0.1) is 11.6 Å². The van der Waals surface area contributed by atoms with E-state index in [9.17, 15) is 22.0 Å². The number of carbonyl (C=O) groups excluding carboxylic acids is 1. The van der Waals surface area contributed by atoms with Crippen LogP contribution in [0.2, 0.25) is 0 Å². The monoisotopic (exact) mass is 292 g/mol. The van der Waals surface area contributed by atoms with E-state index >= 15 is 0 Å². The van der Waals surface area contributed by atoms with E-state index < -0.39 is 37.1 Å². The molecule has 0 aromatic heterocycles. The zero-order valence-corrected chi connectivity index (χ0v) is 11.6. The lowest BCUT2D eigenvalue weighted by Gasteiger charge is -2.22. The maximum Gasteiger partial charge on any atom is 0.327 e. The first kappa shape index (κ1) is 15.6. The lowest BCUT2D eigenvalue weighted by molar-refractivity contribution is -0.145. The van der Waals surface area contributed by atoms with Crippen molar-refractivity contribution in [3.8, 4) is 0 Å². The van der Waals surface area contributed by atoms with E-state index in [4.69, 9.17) is 0 Å². The molecule has 0 aliphatic rings. The van der Waals surface area contributed by atoms with Crippen LogP contribution in [0.3, 0.4) is 0 Å². The molecule has 0 amide bonds. The second kappa shape index (κ2) is 5.24. The molecule has 0 heterocycles. The number of benzene rings is 1. The Kier molecular flexibility index (Phi) is 4.29. The van der Waals surface area contributed by atoms with E-state index in [1.54, 1.807) is 0 Å². The Balaban J connectivity index is 3.38. The van der Waals surface area contributed by atoms with Crippen molar-refractivity contribution in [3.63, 3.8) is 0 Å². The SMILES string of the molecule is CCOC(=O)C(C)(C)S(=O)(=O)c1cc(F)ccc1F. The van der Waals surface area contributed by atoms with Crippen molar-refractivity contribution in [2.24, 2.45) is 0 Å². The molecule has 0 saturated heterocycles. The molecule has 106 valence electrons. The zero-order chi connectivity index (χ0) is 14.8. The lowest BCUT2D eigenvalue weighted by Crippen LogP contribution is -2.42. The molecule has 4 nitrogen and oxygen atoms in total. The van der Waals surface area contributed by atoms with Gasteiger partial charge in [0.2, 0.25) is 0 Å². The topological polar surface area (TPSA) is 60.4 Å². The van der Waals surface area contributed by atoms with Gasteiger partial charge in [0.1, 0.15) is 16.5 Å². The molecule has 0 radical (unpaired) electrons. The molecule has 0 atom stereocenters. The summed E-state index contributed by atoms with van der Waals surface area (Å²) in [6.45, 7) is 3.68. The predicted octanol–water partition coefficient (Wildman–Crippen LogP) is 2.08. The van der Waals surface area contributed by atoms with Crippen LogP contribution in [0.1, 0.15) is 20.8 Å². The Morgan fingerprint density at radius 2 is 1.89 bits per heavy atom. The van der Waals surface area contributed by atoms with Crippen LogP contribution in [0.5, 0.6) is 0 Å². The molecule has 7 heteroatoms. The van der Waals surface area contributed by atoms with Crippen molar-refractivity contribution in [2.75, 3.05) is 6.61 Å². The molecule has 1 aromatic carbocycles. The zero-order valence-electron chi connectivity index (χ0n) is 10.7. The highest BCUT2D eigenvalue weighted by atomic mass is 32.2. The molecular formula is C12H14F2O4S. The quantitative estimate of drug-likeness (QED) is 0.797. The van der Waals surface area contributed by atoms with Gasteiger partial charge in [-0.05, 0) is 39.0 Å². The fraction of sp³-hybridized carbons (Fsp3) is 0.417. The Morgan fingerprint density at radius 1 is 1.32 bits per heavy atom. The number of halogens is 2. The molecule has 0 N–H and O–H groups in total. The maximum atomic E-state index is 13.5. The summed E-state index contributed by atoms with van der Waals surface area (Å²) in [4.78, 5) is 10.8. The average Bonchev–Trinajstić information content (AvgIpc) is 2.32. The molecule has 0 aliphatic carbocycles. The van der Waals surface area contributed by atoms with E-state index in [-0.39, 0.29) is 6.61 Å². The van der Waals surface area contributed by atoms with Gasteiger partial charge in [0.25, 0.3) is 0 Å². The van der Waals surface area contributed by atoms with Crippen molar-refractivity contribution < 1.29 is 26.7 Å². The first-order chi connectivity index (χ1) is 8.64. The van der Waals surface area contributed by atoms with Crippen LogP contribution in [-0.4, -0.2) is 25.7 Å². The van der Waals surface area contributed by atoms with Gasteiger partial charge in [-0.3, -0.25) is 4.79 Å². The van der Waals surface area contributed by atoms with Crippen LogP contribution in [0.25, 0.3) is 0 Å². The number of esters is 1. The van der Waals surface area contributed by atoms with Crippen molar-refractivity contribution in [1.29, 1.82) is 0 Å². The molecule has 1 rings (SSSR count). The van der Waals surface area contributed by atoms with Crippen LogP contribution in [-0.2, 0) is 19.4 Å². The summed E-state index contributed by atoms with van der Waals surface area (Å²) in [5.74, 6) is -3.03. The third-order valence-corrected chi connectivity index (χ3v) is 5.02. The minimum atomic E-state index is -4.40. The molecule has 0 aliphatic heterocycles. The molecule has 19 heavy (non-hydrogen) atoms. The number of sulfone groups is 1. The minimum Gasteiger partial charge on any atom is -0.465 e. The molecule has 0 unspecified atom stereocenters. The second-order valence-corrected chi connectivity index (χ2v) is 6.78. The number of hydrogen-bond acceptors (Lipinski definition) is 4. The van der Waals surface area contributed by atoms with Gasteiger partial charge in [0.15, 0.2) is 14.6 Å². The fourth-order valence-corrected chi connectivity index (χ4v) is 2.79. The van der Waals surface area contributed by atoms with Crippen molar-refractivity contribution in [1.82, 2.24) is 0 Å². The van der Waals surface area contributed by atoms with E-state index in [0.29, 0.717) is 12.1 Å². The highest BCUT2D eigenvalue weighted by Gasteiger charge is 2.45. The summed E-state index contributed by atoms with van der Waals surface area (Å²) in [6.07, 6.45) is 0. The number of hydrogen-bond donors (Lipinski definition) is 0. The van der Waals surface area contributed by atoms with E-state index in [2.05, 4.69) is 4.74 Å². The molecular weight excluding hydrogens is 278 g/mol. The minimum absolute atomic E-state index is 0.0105. The highest BCUT2D eigenvalue weighted by Crippen LogP contribution is 2.29. The maximum absolute atomic E-state index is 13.5. The molecule has 0 saturated carbocycles. The number of rotatable bonds is 4. The molecule has 1 aromatic rings. The van der Waals surface area contributed by atoms with Crippen LogP contribution in [0.4, 0.5) is 8.78 Å². The van der Waals surface area contributed by atoms with Crippen LogP contribution in [0.15, 0.2) is 23.1 Å². The number of ether oxygens (including phenoxy) is 1. The van der Waals surface area contributed by atoms with Gasteiger partial charge in [0, 0.05) is 0 Å². The van der Waals surface area contributed by atoms with Gasteiger partial charge in [-0.25, -0.2) is 17.2 Å². The summed E-state index contributed by atoms with van der Waals surface area (Å²) in [6, 6.07) is 2.04. The summed E-state index contributed by atoms with van der Waals surface area (Å²) in [7, 11) is -4.40.